The van der Waals surface area contributed by atoms with E-state index in [-0.39, 0.29) is 12.5 Å². The lowest BCUT2D eigenvalue weighted by atomic mass is 9.97. The molecule has 0 bridgehead atoms. The second-order valence-corrected chi connectivity index (χ2v) is 10.5. The topological polar surface area (TPSA) is 125 Å². The fourth-order valence-corrected chi connectivity index (χ4v) is 4.80. The first-order chi connectivity index (χ1) is 21.9. The molecular formula is C35H41N7O3. The van der Waals surface area contributed by atoms with E-state index in [2.05, 4.69) is 85.6 Å². The third kappa shape index (κ3) is 9.12. The van der Waals surface area contributed by atoms with E-state index in [0.717, 1.165) is 45.5 Å². The number of alkyl carbamates (subject to hydrolysis) is 1. The summed E-state index contributed by atoms with van der Waals surface area (Å²) in [5.41, 5.74) is 5.00. The van der Waals surface area contributed by atoms with E-state index in [4.69, 9.17) is 0 Å². The van der Waals surface area contributed by atoms with Crippen LogP contribution in [-0.4, -0.2) is 57.0 Å². The third-order valence-electron chi connectivity index (χ3n) is 6.87. The van der Waals surface area contributed by atoms with Gasteiger partial charge in [-0.1, -0.05) is 75.7 Å². The summed E-state index contributed by atoms with van der Waals surface area (Å²) in [7, 11) is 1.26. The number of benzene rings is 3. The van der Waals surface area contributed by atoms with Crippen molar-refractivity contribution in [1.29, 1.82) is 0 Å². The highest BCUT2D eigenvalue weighted by Crippen LogP contribution is 2.28. The third-order valence-corrected chi connectivity index (χ3v) is 6.87. The minimum Gasteiger partial charge on any atom is -0.453 e. The minimum absolute atomic E-state index is 0.133. The maximum Gasteiger partial charge on any atom is 0.407 e. The molecule has 5 rings (SSSR count). The highest BCUT2D eigenvalue weighted by molar-refractivity contribution is 5.90. The van der Waals surface area contributed by atoms with Gasteiger partial charge in [0, 0.05) is 36.0 Å². The van der Waals surface area contributed by atoms with E-state index < -0.39 is 6.09 Å². The highest BCUT2D eigenvalue weighted by atomic mass is 16.5. The number of carbonyl (C=O) groups excluding carboxylic acids is 2. The molecule has 10 nitrogen and oxygen atoms in total. The highest BCUT2D eigenvalue weighted by Gasteiger charge is 2.17. The maximum atomic E-state index is 12.7. The standard InChI is InChI=1S/C32H33N7O3.C3H8/c1-3-14-39(30(40)19-35-32(41)42-2)20-29-34-18-28(38-29)24-12-13-27-22(15-24)8-7-9-23(27)16-25-17-33-21-36-31(25)37-26-10-5-4-6-11-26;1-3-2/h4-13,15,17-18,21H,3,14,16,19-20H2,1-2H3,(H,34,38)(H,35,41)(H,33,36,37);3H2,1-2H3. The predicted molar refractivity (Wildman–Crippen MR) is 178 cm³/mol. The van der Waals surface area contributed by atoms with Crippen LogP contribution in [0.5, 0.6) is 0 Å². The number of methoxy groups -OCH3 is 1. The van der Waals surface area contributed by atoms with Crippen molar-refractivity contribution in [3.63, 3.8) is 0 Å². The van der Waals surface area contributed by atoms with Crippen molar-refractivity contribution >= 4 is 34.3 Å². The normalized spacial score (nSPS) is 10.5. The van der Waals surface area contributed by atoms with Crippen molar-refractivity contribution in [3.05, 3.63) is 102 Å². The summed E-state index contributed by atoms with van der Waals surface area (Å²) >= 11 is 0. The Hall–Kier alpha value is -5.25. The number of para-hydroxylation sites is 1. The summed E-state index contributed by atoms with van der Waals surface area (Å²) in [6, 6.07) is 22.6. The Bertz CT molecular complexity index is 1690. The number of aromatic amines is 1. The minimum atomic E-state index is -0.638. The van der Waals surface area contributed by atoms with Crippen LogP contribution in [0.15, 0.2) is 85.5 Å². The average Bonchev–Trinajstić information content (AvgIpc) is 3.53. The van der Waals surface area contributed by atoms with Crippen LogP contribution in [0.4, 0.5) is 16.3 Å². The van der Waals surface area contributed by atoms with Crippen LogP contribution >= 0.6 is 0 Å². The number of anilines is 2. The fourth-order valence-electron chi connectivity index (χ4n) is 4.80. The number of carbonyl (C=O) groups is 2. The molecule has 0 radical (unpaired) electrons. The molecule has 0 spiro atoms. The van der Waals surface area contributed by atoms with E-state index in [0.29, 0.717) is 25.3 Å². The lowest BCUT2D eigenvalue weighted by Crippen LogP contribution is -2.40. The number of imidazole rings is 1. The van der Waals surface area contributed by atoms with Crippen molar-refractivity contribution < 1.29 is 14.3 Å². The molecule has 0 saturated heterocycles. The monoisotopic (exact) mass is 607 g/mol. The van der Waals surface area contributed by atoms with Crippen LogP contribution in [0, 0.1) is 0 Å². The fraction of sp³-hybridized carbons (Fsp3) is 0.286. The lowest BCUT2D eigenvalue weighted by Gasteiger charge is -2.21. The van der Waals surface area contributed by atoms with Gasteiger partial charge in [0.25, 0.3) is 0 Å². The predicted octanol–water partition coefficient (Wildman–Crippen LogP) is 6.87. The summed E-state index contributed by atoms with van der Waals surface area (Å²) < 4.78 is 4.56. The number of fused-ring (bicyclic) bond motifs is 1. The van der Waals surface area contributed by atoms with Crippen LogP contribution in [0.2, 0.25) is 0 Å². The number of amides is 2. The van der Waals surface area contributed by atoms with Crippen LogP contribution in [0.25, 0.3) is 22.0 Å². The number of nitrogens with one attached hydrogen (secondary N) is 3. The second-order valence-electron chi connectivity index (χ2n) is 10.5. The molecule has 2 amide bonds. The SMILES string of the molecule is CCC.CCCN(Cc1ncc(-c2ccc3c(Cc4cncnc4Nc4ccccc4)cccc3c2)[nH]1)C(=O)CNC(=O)OC. The Morgan fingerprint density at radius 3 is 2.49 bits per heavy atom. The van der Waals surface area contributed by atoms with Crippen molar-refractivity contribution in [2.45, 2.75) is 46.6 Å². The van der Waals surface area contributed by atoms with Crippen LogP contribution in [0.3, 0.4) is 0 Å². The Kier molecular flexibility index (Phi) is 12.0. The van der Waals surface area contributed by atoms with E-state index in [1.165, 1.54) is 19.1 Å². The molecule has 3 N–H and O–H groups in total. The zero-order chi connectivity index (χ0) is 32.0. The lowest BCUT2D eigenvalue weighted by molar-refractivity contribution is -0.130. The maximum absolute atomic E-state index is 12.7. The molecule has 0 saturated carbocycles. The number of nitrogens with zero attached hydrogens (tertiary/aromatic N) is 4. The summed E-state index contributed by atoms with van der Waals surface area (Å²) in [6.45, 7) is 6.97. The first-order valence-electron chi connectivity index (χ1n) is 15.2. The molecule has 2 aromatic heterocycles. The number of rotatable bonds is 11. The van der Waals surface area contributed by atoms with Gasteiger partial charge in [0.05, 0.1) is 25.5 Å². The van der Waals surface area contributed by atoms with E-state index in [9.17, 15) is 9.59 Å². The van der Waals surface area contributed by atoms with Gasteiger partial charge in [-0.05, 0) is 41.0 Å². The summed E-state index contributed by atoms with van der Waals surface area (Å²) in [4.78, 5) is 42.3. The van der Waals surface area contributed by atoms with Crippen LogP contribution in [0.1, 0.15) is 50.6 Å². The molecule has 2 heterocycles. The number of aromatic nitrogens is 4. The summed E-state index contributed by atoms with van der Waals surface area (Å²) in [5, 5.41) is 8.10. The van der Waals surface area contributed by atoms with E-state index in [1.54, 1.807) is 17.4 Å². The Balaban J connectivity index is 0.00000148. The van der Waals surface area contributed by atoms with Gasteiger partial charge in [0.1, 0.15) is 24.5 Å². The molecule has 0 atom stereocenters. The molecule has 5 aromatic rings. The van der Waals surface area contributed by atoms with Crippen molar-refractivity contribution in [3.8, 4) is 11.3 Å². The Labute approximate surface area is 264 Å². The zero-order valence-corrected chi connectivity index (χ0v) is 26.3. The molecule has 0 fully saturated rings. The smallest absolute Gasteiger partial charge is 0.407 e. The zero-order valence-electron chi connectivity index (χ0n) is 26.3. The van der Waals surface area contributed by atoms with Gasteiger partial charge in [-0.2, -0.15) is 0 Å². The number of hydrogen-bond acceptors (Lipinski definition) is 7. The summed E-state index contributed by atoms with van der Waals surface area (Å²) in [6.07, 6.45) is 7.26. The van der Waals surface area contributed by atoms with Crippen molar-refractivity contribution in [1.82, 2.24) is 30.2 Å². The van der Waals surface area contributed by atoms with Gasteiger partial charge in [-0.3, -0.25) is 4.79 Å². The molecule has 0 unspecified atom stereocenters. The quantitative estimate of drug-likeness (QED) is 0.150. The molecule has 45 heavy (non-hydrogen) atoms. The van der Waals surface area contributed by atoms with E-state index in [1.807, 2.05) is 43.5 Å². The van der Waals surface area contributed by atoms with Gasteiger partial charge in [0.15, 0.2) is 0 Å². The van der Waals surface area contributed by atoms with Crippen LogP contribution in [-0.2, 0) is 22.5 Å². The van der Waals surface area contributed by atoms with Gasteiger partial charge in [-0.15, -0.1) is 0 Å². The first-order valence-corrected chi connectivity index (χ1v) is 15.2. The van der Waals surface area contributed by atoms with Gasteiger partial charge < -0.3 is 25.3 Å². The van der Waals surface area contributed by atoms with Gasteiger partial charge in [-0.25, -0.2) is 19.7 Å². The van der Waals surface area contributed by atoms with Crippen molar-refractivity contribution in [2.75, 3.05) is 25.5 Å². The molecule has 3 aromatic carbocycles. The number of ether oxygens (including phenoxy) is 1. The molecule has 0 aliphatic carbocycles. The van der Waals surface area contributed by atoms with Crippen LogP contribution < -0.4 is 10.6 Å². The summed E-state index contributed by atoms with van der Waals surface area (Å²) in [5.74, 6) is 1.25. The number of hydrogen-bond donors (Lipinski definition) is 3. The largest absolute Gasteiger partial charge is 0.453 e. The molecule has 0 aliphatic rings. The first kappa shape index (κ1) is 32.7. The molecular weight excluding hydrogens is 566 g/mol. The van der Waals surface area contributed by atoms with Gasteiger partial charge in [0.2, 0.25) is 5.91 Å². The average molecular weight is 608 g/mol. The number of H-pyrrole nitrogens is 1. The molecule has 234 valence electrons. The van der Waals surface area contributed by atoms with Crippen molar-refractivity contribution in [2.24, 2.45) is 0 Å². The van der Waals surface area contributed by atoms with Gasteiger partial charge >= 0.3 is 6.09 Å². The second kappa shape index (κ2) is 16.6. The van der Waals surface area contributed by atoms with E-state index >= 15 is 0 Å². The Morgan fingerprint density at radius 2 is 1.73 bits per heavy atom. The Morgan fingerprint density at radius 1 is 0.933 bits per heavy atom. The molecule has 10 heteroatoms. The molecule has 0 aliphatic heterocycles.